The fourth-order valence-corrected chi connectivity index (χ4v) is 2.55. The van der Waals surface area contributed by atoms with E-state index in [4.69, 9.17) is 4.74 Å². The highest BCUT2D eigenvalue weighted by Gasteiger charge is 2.18. The molecule has 0 spiro atoms. The molecule has 1 aromatic carbocycles. The average molecular weight is 301 g/mol. The minimum atomic E-state index is -0.0305. The van der Waals surface area contributed by atoms with E-state index in [1.165, 1.54) is 0 Å². The van der Waals surface area contributed by atoms with Gasteiger partial charge in [0.2, 0.25) is 0 Å². The van der Waals surface area contributed by atoms with Crippen LogP contribution in [-0.4, -0.2) is 40.8 Å². The van der Waals surface area contributed by atoms with Gasteiger partial charge >= 0.3 is 0 Å². The normalized spacial score (nSPS) is 10.6. The Labute approximate surface area is 131 Å². The number of hydrogen-bond acceptors (Lipinski definition) is 3. The molecular weight excluding hydrogens is 278 g/mol. The number of aryl methyl sites for hydroxylation is 2. The first-order valence-electron chi connectivity index (χ1n) is 7.50. The molecule has 1 aromatic heterocycles. The van der Waals surface area contributed by atoms with Crippen molar-refractivity contribution >= 4 is 5.91 Å². The number of nitrogens with zero attached hydrogens (tertiary/aromatic N) is 3. The third-order valence-corrected chi connectivity index (χ3v) is 3.84. The largest absolute Gasteiger partial charge is 0.496 e. The third-order valence-electron chi connectivity index (χ3n) is 3.84. The summed E-state index contributed by atoms with van der Waals surface area (Å²) in [6.45, 7) is 7.31. The summed E-state index contributed by atoms with van der Waals surface area (Å²) < 4.78 is 7.03. The maximum atomic E-state index is 12.4. The molecule has 0 aliphatic heterocycles. The topological polar surface area (TPSA) is 47.4 Å². The van der Waals surface area contributed by atoms with Crippen LogP contribution in [0.25, 0.3) is 11.3 Å². The summed E-state index contributed by atoms with van der Waals surface area (Å²) in [6.07, 6.45) is 0. The van der Waals surface area contributed by atoms with E-state index in [0.717, 1.165) is 22.6 Å². The maximum Gasteiger partial charge on any atom is 0.274 e. The molecule has 22 heavy (non-hydrogen) atoms. The number of methoxy groups -OCH3 is 1. The summed E-state index contributed by atoms with van der Waals surface area (Å²) in [5.74, 6) is 0.822. The predicted octanol–water partition coefficient (Wildman–Crippen LogP) is 2.89. The van der Waals surface area contributed by atoms with Gasteiger partial charge < -0.3 is 9.64 Å². The van der Waals surface area contributed by atoms with E-state index >= 15 is 0 Å². The average Bonchev–Trinajstić information content (AvgIpc) is 2.90. The monoisotopic (exact) mass is 301 g/mol. The Morgan fingerprint density at radius 2 is 1.95 bits per heavy atom. The summed E-state index contributed by atoms with van der Waals surface area (Å²) in [6, 6.07) is 7.81. The Kier molecular flexibility index (Phi) is 4.85. The van der Waals surface area contributed by atoms with E-state index in [1.807, 2.05) is 52.1 Å². The molecule has 118 valence electrons. The molecule has 1 heterocycles. The molecule has 5 nitrogen and oxygen atoms in total. The summed E-state index contributed by atoms with van der Waals surface area (Å²) in [5, 5.41) is 4.37. The molecule has 0 fully saturated rings. The van der Waals surface area contributed by atoms with Crippen LogP contribution in [0.3, 0.4) is 0 Å². The summed E-state index contributed by atoms with van der Waals surface area (Å²) >= 11 is 0. The Balaban J connectivity index is 2.38. The fraction of sp³-hybridized carbons (Fsp3) is 0.412. The predicted molar refractivity (Wildman–Crippen MR) is 87.2 cm³/mol. The smallest absolute Gasteiger partial charge is 0.274 e. The van der Waals surface area contributed by atoms with E-state index in [9.17, 15) is 4.79 Å². The van der Waals surface area contributed by atoms with Crippen molar-refractivity contribution in [3.8, 4) is 17.0 Å². The number of aromatic nitrogens is 2. The number of benzene rings is 1. The number of amides is 1. The fourth-order valence-electron chi connectivity index (χ4n) is 2.55. The Morgan fingerprint density at radius 1 is 1.27 bits per heavy atom. The van der Waals surface area contributed by atoms with Crippen molar-refractivity contribution in [2.75, 3.05) is 20.2 Å². The first kappa shape index (κ1) is 16.1. The van der Waals surface area contributed by atoms with Gasteiger partial charge in [0.1, 0.15) is 5.75 Å². The van der Waals surface area contributed by atoms with Crippen molar-refractivity contribution < 1.29 is 9.53 Å². The maximum absolute atomic E-state index is 12.4. The van der Waals surface area contributed by atoms with Gasteiger partial charge in [0.25, 0.3) is 5.91 Å². The molecule has 0 unspecified atom stereocenters. The van der Waals surface area contributed by atoms with Crippen LogP contribution in [0.5, 0.6) is 5.75 Å². The zero-order valence-corrected chi connectivity index (χ0v) is 13.9. The molecule has 5 heteroatoms. The SMILES string of the molecule is CCN(CC)C(=O)c1cc(-c2ccc(OC)c(C)c2)n(C)n1. The van der Waals surface area contributed by atoms with Gasteiger partial charge in [0.15, 0.2) is 5.69 Å². The number of carbonyl (C=O) groups excluding carboxylic acids is 1. The molecule has 0 saturated heterocycles. The highest BCUT2D eigenvalue weighted by atomic mass is 16.5. The van der Waals surface area contributed by atoms with E-state index in [-0.39, 0.29) is 5.91 Å². The summed E-state index contributed by atoms with van der Waals surface area (Å²) in [7, 11) is 3.51. The van der Waals surface area contributed by atoms with Crippen molar-refractivity contribution in [3.05, 3.63) is 35.5 Å². The lowest BCUT2D eigenvalue weighted by atomic mass is 10.1. The summed E-state index contributed by atoms with van der Waals surface area (Å²) in [5.41, 5.74) is 3.47. The van der Waals surface area contributed by atoms with Crippen LogP contribution in [0, 0.1) is 6.92 Å². The molecule has 2 rings (SSSR count). The van der Waals surface area contributed by atoms with Crippen molar-refractivity contribution in [2.45, 2.75) is 20.8 Å². The second kappa shape index (κ2) is 6.64. The third kappa shape index (κ3) is 2.98. The molecule has 0 aliphatic carbocycles. The molecule has 2 aromatic rings. The second-order valence-corrected chi connectivity index (χ2v) is 5.20. The zero-order chi connectivity index (χ0) is 16.3. The first-order chi connectivity index (χ1) is 10.5. The van der Waals surface area contributed by atoms with Gasteiger partial charge in [-0.2, -0.15) is 5.10 Å². The molecule has 0 radical (unpaired) electrons. The minimum absolute atomic E-state index is 0.0305. The lowest BCUT2D eigenvalue weighted by Gasteiger charge is -2.16. The number of rotatable bonds is 5. The van der Waals surface area contributed by atoms with Crippen molar-refractivity contribution in [3.63, 3.8) is 0 Å². The van der Waals surface area contributed by atoms with Gasteiger partial charge in [-0.1, -0.05) is 0 Å². The van der Waals surface area contributed by atoms with Crippen LogP contribution in [0.15, 0.2) is 24.3 Å². The zero-order valence-electron chi connectivity index (χ0n) is 13.9. The second-order valence-electron chi connectivity index (χ2n) is 5.20. The van der Waals surface area contributed by atoms with E-state index in [1.54, 1.807) is 16.7 Å². The van der Waals surface area contributed by atoms with Gasteiger partial charge in [0.05, 0.1) is 12.8 Å². The molecule has 1 amide bonds. The number of hydrogen-bond donors (Lipinski definition) is 0. The first-order valence-corrected chi connectivity index (χ1v) is 7.50. The van der Waals surface area contributed by atoms with Crippen molar-refractivity contribution in [1.29, 1.82) is 0 Å². The summed E-state index contributed by atoms with van der Waals surface area (Å²) in [4.78, 5) is 14.2. The van der Waals surface area contributed by atoms with E-state index in [2.05, 4.69) is 5.10 Å². The molecule has 0 aliphatic rings. The molecule has 0 saturated carbocycles. The molecular formula is C17H23N3O2. The standard InChI is InChI=1S/C17H23N3O2/c1-6-20(7-2)17(21)14-11-15(19(4)18-14)13-8-9-16(22-5)12(3)10-13/h8-11H,6-7H2,1-5H3. The van der Waals surface area contributed by atoms with Gasteiger partial charge in [-0.3, -0.25) is 9.48 Å². The highest BCUT2D eigenvalue weighted by molar-refractivity contribution is 5.93. The van der Waals surface area contributed by atoms with Gasteiger partial charge in [-0.05, 0) is 50.6 Å². The molecule has 0 bridgehead atoms. The molecule has 0 N–H and O–H groups in total. The van der Waals surface area contributed by atoms with Crippen LogP contribution < -0.4 is 4.74 Å². The van der Waals surface area contributed by atoms with E-state index < -0.39 is 0 Å². The van der Waals surface area contributed by atoms with Crippen molar-refractivity contribution in [1.82, 2.24) is 14.7 Å². The van der Waals surface area contributed by atoms with Crippen LogP contribution in [-0.2, 0) is 7.05 Å². The van der Waals surface area contributed by atoms with Crippen LogP contribution in [0.1, 0.15) is 29.9 Å². The molecule has 0 atom stereocenters. The lowest BCUT2D eigenvalue weighted by Crippen LogP contribution is -2.30. The Bertz CT molecular complexity index is 673. The Morgan fingerprint density at radius 3 is 2.50 bits per heavy atom. The highest BCUT2D eigenvalue weighted by Crippen LogP contribution is 2.26. The van der Waals surface area contributed by atoms with Crippen LogP contribution in [0.4, 0.5) is 0 Å². The minimum Gasteiger partial charge on any atom is -0.496 e. The van der Waals surface area contributed by atoms with Gasteiger partial charge in [-0.25, -0.2) is 0 Å². The van der Waals surface area contributed by atoms with Crippen LogP contribution in [0.2, 0.25) is 0 Å². The number of ether oxygens (including phenoxy) is 1. The Hall–Kier alpha value is -2.30. The van der Waals surface area contributed by atoms with E-state index in [0.29, 0.717) is 18.8 Å². The van der Waals surface area contributed by atoms with Crippen molar-refractivity contribution in [2.24, 2.45) is 7.05 Å². The van der Waals surface area contributed by atoms with Gasteiger partial charge in [-0.15, -0.1) is 0 Å². The number of carbonyl (C=O) groups is 1. The van der Waals surface area contributed by atoms with Crippen LogP contribution >= 0.6 is 0 Å². The lowest BCUT2D eigenvalue weighted by molar-refractivity contribution is 0.0766. The quantitative estimate of drug-likeness (QED) is 0.853. The van der Waals surface area contributed by atoms with Gasteiger partial charge in [0, 0.05) is 25.7 Å².